The predicted octanol–water partition coefficient (Wildman–Crippen LogP) is 7.99. The summed E-state index contributed by atoms with van der Waals surface area (Å²) < 4.78 is 11.4. The molecule has 4 heteroatoms. The Morgan fingerprint density at radius 3 is 1.64 bits per heavy atom. The largest absolute Gasteiger partial charge is 0.508 e. The van der Waals surface area contributed by atoms with E-state index in [-0.39, 0.29) is 23.4 Å². The van der Waals surface area contributed by atoms with E-state index in [2.05, 4.69) is 48.5 Å². The Labute approximate surface area is 227 Å². The number of hydrogen-bond donors (Lipinski definition) is 1. The summed E-state index contributed by atoms with van der Waals surface area (Å²) >= 11 is 0. The molecule has 0 saturated heterocycles. The summed E-state index contributed by atoms with van der Waals surface area (Å²) in [5.74, 6) is 0.751. The van der Waals surface area contributed by atoms with Crippen molar-refractivity contribution in [2.75, 3.05) is 14.2 Å². The van der Waals surface area contributed by atoms with Crippen LogP contribution < -0.4 is 0 Å². The molecule has 39 heavy (non-hydrogen) atoms. The van der Waals surface area contributed by atoms with E-state index in [1.165, 1.54) is 17.5 Å². The van der Waals surface area contributed by atoms with Gasteiger partial charge in [-0.15, -0.1) is 0 Å². The van der Waals surface area contributed by atoms with Gasteiger partial charge in [-0.25, -0.2) is 0 Å². The topological polar surface area (TPSA) is 55.8 Å². The van der Waals surface area contributed by atoms with Crippen LogP contribution in [-0.4, -0.2) is 25.1 Å². The minimum Gasteiger partial charge on any atom is -0.508 e. The van der Waals surface area contributed by atoms with E-state index in [0.29, 0.717) is 0 Å². The van der Waals surface area contributed by atoms with Gasteiger partial charge < -0.3 is 14.6 Å². The molecule has 0 heterocycles. The van der Waals surface area contributed by atoms with E-state index < -0.39 is 0 Å². The highest BCUT2D eigenvalue weighted by molar-refractivity contribution is 6.01. The normalized spacial score (nSPS) is 18.5. The number of ether oxygens (including phenoxy) is 2. The number of aliphatic hydroxyl groups excluding tert-OH is 1. The zero-order chi connectivity index (χ0) is 26.9. The standard InChI is InChI=1S/C35H28O4/c1-38-32-19-24-11-3-7-22-9-5-13-30(34(22)24)28(32)17-15-26(36)21-27(37)16-18-29-31-14-6-10-23-8-4-12-25(35(23)31)20-33(29)39-2/h3-21,28-29,36H,1-2H3/b17-15+,18-16+,26-21?. The van der Waals surface area contributed by atoms with Crippen molar-refractivity contribution in [2.45, 2.75) is 11.8 Å². The summed E-state index contributed by atoms with van der Waals surface area (Å²) in [6, 6.07) is 24.7. The molecular weight excluding hydrogens is 484 g/mol. The Morgan fingerprint density at radius 2 is 1.15 bits per heavy atom. The van der Waals surface area contributed by atoms with Gasteiger partial charge in [0.15, 0.2) is 5.78 Å². The SMILES string of the molecule is COC1=Cc2cccc3cccc(c23)C1/C=C/C(=O)C=C(O)/C=C/C1C(OC)=Cc2cccc3cccc1c23. The number of ketones is 1. The second-order valence-corrected chi connectivity index (χ2v) is 9.73. The van der Waals surface area contributed by atoms with Crippen LogP contribution in [0.5, 0.6) is 0 Å². The first-order valence-corrected chi connectivity index (χ1v) is 12.9. The molecule has 0 saturated carbocycles. The third-order valence-electron chi connectivity index (χ3n) is 7.49. The molecule has 2 atom stereocenters. The van der Waals surface area contributed by atoms with Crippen LogP contribution in [0.15, 0.2) is 120 Å². The van der Waals surface area contributed by atoms with E-state index in [4.69, 9.17) is 9.47 Å². The summed E-state index contributed by atoms with van der Waals surface area (Å²) in [5, 5.41) is 15.2. The van der Waals surface area contributed by atoms with E-state index in [1.54, 1.807) is 20.3 Å². The van der Waals surface area contributed by atoms with Crippen molar-refractivity contribution in [3.63, 3.8) is 0 Å². The van der Waals surface area contributed by atoms with Crippen LogP contribution in [-0.2, 0) is 14.3 Å². The quantitative estimate of drug-likeness (QED) is 0.155. The highest BCUT2D eigenvalue weighted by Crippen LogP contribution is 2.41. The number of carbonyl (C=O) groups is 1. The van der Waals surface area contributed by atoms with E-state index in [9.17, 15) is 9.90 Å². The van der Waals surface area contributed by atoms with Crippen molar-refractivity contribution in [3.05, 3.63) is 143 Å². The van der Waals surface area contributed by atoms with Gasteiger partial charge in [-0.3, -0.25) is 4.79 Å². The molecule has 0 radical (unpaired) electrons. The Morgan fingerprint density at radius 1 is 0.692 bits per heavy atom. The number of rotatable bonds is 7. The minimum atomic E-state index is -0.308. The van der Waals surface area contributed by atoms with Crippen LogP contribution in [0, 0.1) is 0 Å². The molecule has 0 bridgehead atoms. The Bertz CT molecular complexity index is 1760. The maximum absolute atomic E-state index is 12.8. The van der Waals surface area contributed by atoms with Gasteiger partial charge in [-0.2, -0.15) is 0 Å². The van der Waals surface area contributed by atoms with Gasteiger partial charge in [0.25, 0.3) is 0 Å². The molecule has 0 aromatic heterocycles. The second-order valence-electron chi connectivity index (χ2n) is 9.73. The molecule has 0 amide bonds. The molecule has 2 aliphatic rings. The Balaban J connectivity index is 1.25. The first-order chi connectivity index (χ1) is 19.1. The molecule has 2 unspecified atom stereocenters. The third-order valence-corrected chi connectivity index (χ3v) is 7.49. The number of hydrogen-bond acceptors (Lipinski definition) is 4. The monoisotopic (exact) mass is 512 g/mol. The molecule has 6 rings (SSSR count). The number of methoxy groups -OCH3 is 2. The van der Waals surface area contributed by atoms with Gasteiger partial charge in [0.2, 0.25) is 0 Å². The van der Waals surface area contributed by atoms with E-state index >= 15 is 0 Å². The van der Waals surface area contributed by atoms with Crippen molar-refractivity contribution < 1.29 is 19.4 Å². The van der Waals surface area contributed by atoms with Crippen LogP contribution in [0.4, 0.5) is 0 Å². The highest BCUT2D eigenvalue weighted by atomic mass is 16.5. The number of aliphatic hydroxyl groups is 1. The zero-order valence-electron chi connectivity index (χ0n) is 21.8. The number of carbonyl (C=O) groups excluding carboxylic acids is 1. The first-order valence-electron chi connectivity index (χ1n) is 12.9. The number of benzene rings is 4. The Hall–Kier alpha value is -4.83. The van der Waals surface area contributed by atoms with Gasteiger partial charge in [-0.05, 0) is 68.1 Å². The van der Waals surface area contributed by atoms with Gasteiger partial charge in [0, 0.05) is 6.08 Å². The molecular formula is C35H28O4. The molecule has 192 valence electrons. The average Bonchev–Trinajstić information content (AvgIpc) is 2.96. The lowest BCUT2D eigenvalue weighted by atomic mass is 9.84. The fourth-order valence-electron chi connectivity index (χ4n) is 5.75. The lowest BCUT2D eigenvalue weighted by Crippen LogP contribution is -2.08. The maximum atomic E-state index is 12.8. The van der Waals surface area contributed by atoms with Crippen molar-refractivity contribution >= 4 is 39.5 Å². The predicted molar refractivity (Wildman–Crippen MR) is 157 cm³/mol. The van der Waals surface area contributed by atoms with Crippen LogP contribution in [0.2, 0.25) is 0 Å². The average molecular weight is 513 g/mol. The zero-order valence-corrected chi connectivity index (χ0v) is 21.8. The van der Waals surface area contributed by atoms with Crippen LogP contribution in [0.3, 0.4) is 0 Å². The molecule has 4 aromatic rings. The van der Waals surface area contributed by atoms with Gasteiger partial charge in [0.05, 0.1) is 26.1 Å². The van der Waals surface area contributed by atoms with E-state index in [1.807, 2.05) is 48.6 Å². The fraction of sp³-hybridized carbons (Fsp3) is 0.114. The van der Waals surface area contributed by atoms with Crippen molar-refractivity contribution in [1.29, 1.82) is 0 Å². The van der Waals surface area contributed by atoms with Crippen molar-refractivity contribution in [2.24, 2.45) is 0 Å². The molecule has 4 aromatic carbocycles. The fourth-order valence-corrected chi connectivity index (χ4v) is 5.75. The summed E-state index contributed by atoms with van der Waals surface area (Å²) in [6.07, 6.45) is 12.0. The van der Waals surface area contributed by atoms with Gasteiger partial charge >= 0.3 is 0 Å². The highest BCUT2D eigenvalue weighted by Gasteiger charge is 2.24. The minimum absolute atomic E-state index is 0.121. The third kappa shape index (κ3) is 4.44. The van der Waals surface area contributed by atoms with Crippen LogP contribution >= 0.6 is 0 Å². The summed E-state index contributed by atoms with van der Waals surface area (Å²) in [7, 11) is 3.30. The second kappa shape index (κ2) is 10.1. The van der Waals surface area contributed by atoms with Crippen molar-refractivity contribution in [3.8, 4) is 0 Å². The lowest BCUT2D eigenvalue weighted by molar-refractivity contribution is -0.110. The number of allylic oxidation sites excluding steroid dienone is 5. The molecule has 0 spiro atoms. The van der Waals surface area contributed by atoms with E-state index in [0.717, 1.165) is 49.9 Å². The van der Waals surface area contributed by atoms with Crippen LogP contribution in [0.25, 0.3) is 33.7 Å². The Kier molecular flexibility index (Phi) is 6.37. The van der Waals surface area contributed by atoms with Crippen molar-refractivity contribution in [1.82, 2.24) is 0 Å². The van der Waals surface area contributed by atoms with Gasteiger partial charge in [-0.1, -0.05) is 84.9 Å². The first kappa shape index (κ1) is 24.5. The molecule has 2 aliphatic carbocycles. The smallest absolute Gasteiger partial charge is 0.182 e. The molecule has 0 aliphatic heterocycles. The lowest BCUT2D eigenvalue weighted by Gasteiger charge is -2.24. The maximum Gasteiger partial charge on any atom is 0.182 e. The summed E-state index contributed by atoms with van der Waals surface area (Å²) in [5.41, 5.74) is 4.40. The van der Waals surface area contributed by atoms with Crippen LogP contribution in [0.1, 0.15) is 34.1 Å². The summed E-state index contributed by atoms with van der Waals surface area (Å²) in [6.45, 7) is 0. The molecule has 4 nitrogen and oxygen atoms in total. The molecule has 1 N–H and O–H groups in total. The molecule has 0 fully saturated rings. The summed E-state index contributed by atoms with van der Waals surface area (Å²) in [4.78, 5) is 12.8. The van der Waals surface area contributed by atoms with Gasteiger partial charge in [0.1, 0.15) is 17.3 Å².